The number of nitrogens with zero attached hydrogens (tertiary/aromatic N) is 1. The Hall–Kier alpha value is -0.280. The maximum absolute atomic E-state index is 6.17. The van der Waals surface area contributed by atoms with Crippen molar-refractivity contribution in [1.82, 2.24) is 4.90 Å². The first-order valence-electron chi connectivity index (χ1n) is 8.00. The SMILES string of the molecule is COC[C@@H](c1cc(Cl)cc(Cl)c1)N1CCC(C(C)(C)C)CC1. The third-order valence-corrected chi connectivity index (χ3v) is 5.23. The van der Waals surface area contributed by atoms with Crippen molar-refractivity contribution >= 4 is 23.2 Å². The summed E-state index contributed by atoms with van der Waals surface area (Å²) in [7, 11) is 1.75. The largest absolute Gasteiger partial charge is 0.383 e. The summed E-state index contributed by atoms with van der Waals surface area (Å²) in [5.74, 6) is 0.787. The van der Waals surface area contributed by atoms with Crippen molar-refractivity contribution in [3.8, 4) is 0 Å². The number of methoxy groups -OCH3 is 1. The number of hydrogen-bond acceptors (Lipinski definition) is 2. The van der Waals surface area contributed by atoms with E-state index in [0.29, 0.717) is 22.1 Å². The Kier molecular flexibility index (Phi) is 6.18. The molecule has 2 nitrogen and oxygen atoms in total. The summed E-state index contributed by atoms with van der Waals surface area (Å²) in [6.45, 7) is 9.89. The molecule has 1 aromatic rings. The second kappa shape index (κ2) is 7.53. The van der Waals surface area contributed by atoms with Gasteiger partial charge in [0.2, 0.25) is 0 Å². The Morgan fingerprint density at radius 2 is 1.68 bits per heavy atom. The fraction of sp³-hybridized carbons (Fsp3) is 0.667. The van der Waals surface area contributed by atoms with Gasteiger partial charge in [-0.15, -0.1) is 0 Å². The van der Waals surface area contributed by atoms with Gasteiger partial charge in [-0.3, -0.25) is 4.90 Å². The molecule has 0 spiro atoms. The van der Waals surface area contributed by atoms with E-state index in [2.05, 4.69) is 25.7 Å². The summed E-state index contributed by atoms with van der Waals surface area (Å²) < 4.78 is 5.46. The number of ether oxygens (including phenoxy) is 1. The number of rotatable bonds is 4. The summed E-state index contributed by atoms with van der Waals surface area (Å²) in [4.78, 5) is 2.51. The van der Waals surface area contributed by atoms with Gasteiger partial charge in [0.05, 0.1) is 12.6 Å². The van der Waals surface area contributed by atoms with Crippen LogP contribution in [0, 0.1) is 11.3 Å². The van der Waals surface area contributed by atoms with Crippen LogP contribution in [0.15, 0.2) is 18.2 Å². The first-order chi connectivity index (χ1) is 10.3. The van der Waals surface area contributed by atoms with Crippen molar-refractivity contribution in [3.63, 3.8) is 0 Å². The van der Waals surface area contributed by atoms with Crippen LogP contribution in [0.3, 0.4) is 0 Å². The average molecular weight is 344 g/mol. The lowest BCUT2D eigenvalue weighted by Gasteiger charge is -2.42. The van der Waals surface area contributed by atoms with Gasteiger partial charge in [0.1, 0.15) is 0 Å². The number of hydrogen-bond donors (Lipinski definition) is 0. The van der Waals surface area contributed by atoms with Crippen molar-refractivity contribution in [2.24, 2.45) is 11.3 Å². The molecule has 1 aromatic carbocycles. The molecule has 0 unspecified atom stereocenters. The molecular weight excluding hydrogens is 317 g/mol. The van der Waals surface area contributed by atoms with Crippen molar-refractivity contribution < 1.29 is 4.74 Å². The fourth-order valence-corrected chi connectivity index (χ4v) is 3.96. The van der Waals surface area contributed by atoms with E-state index >= 15 is 0 Å². The highest BCUT2D eigenvalue weighted by atomic mass is 35.5. The van der Waals surface area contributed by atoms with Gasteiger partial charge >= 0.3 is 0 Å². The Labute approximate surface area is 144 Å². The third-order valence-electron chi connectivity index (χ3n) is 4.79. The minimum atomic E-state index is 0.224. The van der Waals surface area contributed by atoms with Gasteiger partial charge in [-0.1, -0.05) is 44.0 Å². The van der Waals surface area contributed by atoms with E-state index in [0.717, 1.165) is 24.6 Å². The first-order valence-corrected chi connectivity index (χ1v) is 8.76. The minimum Gasteiger partial charge on any atom is -0.383 e. The van der Waals surface area contributed by atoms with Gasteiger partial charge in [0, 0.05) is 17.2 Å². The van der Waals surface area contributed by atoms with E-state index in [4.69, 9.17) is 27.9 Å². The van der Waals surface area contributed by atoms with Gasteiger partial charge in [0.25, 0.3) is 0 Å². The predicted molar refractivity (Wildman–Crippen MR) is 94.8 cm³/mol. The Bertz CT molecular complexity index is 470. The van der Waals surface area contributed by atoms with E-state index < -0.39 is 0 Å². The highest BCUT2D eigenvalue weighted by Gasteiger charge is 2.31. The van der Waals surface area contributed by atoms with Crippen LogP contribution in [0.4, 0.5) is 0 Å². The topological polar surface area (TPSA) is 12.5 Å². The van der Waals surface area contributed by atoms with Crippen molar-refractivity contribution in [3.05, 3.63) is 33.8 Å². The zero-order valence-corrected chi connectivity index (χ0v) is 15.5. The quantitative estimate of drug-likeness (QED) is 0.721. The molecule has 0 amide bonds. The number of halogens is 2. The molecule has 1 heterocycles. The summed E-state index contributed by atoms with van der Waals surface area (Å²) in [5, 5.41) is 1.38. The van der Waals surface area contributed by atoms with Crippen LogP contribution in [0.2, 0.25) is 10.0 Å². The molecule has 0 saturated carbocycles. The molecule has 1 fully saturated rings. The molecule has 22 heavy (non-hydrogen) atoms. The molecular formula is C18H27Cl2NO. The Morgan fingerprint density at radius 1 is 1.14 bits per heavy atom. The van der Waals surface area contributed by atoms with Gasteiger partial charge in [-0.2, -0.15) is 0 Å². The predicted octanol–water partition coefficient (Wildman–Crippen LogP) is 5.44. The van der Waals surface area contributed by atoms with E-state index in [1.165, 1.54) is 12.8 Å². The maximum Gasteiger partial charge on any atom is 0.0659 e. The lowest BCUT2D eigenvalue weighted by Crippen LogP contribution is -2.41. The molecule has 124 valence electrons. The van der Waals surface area contributed by atoms with Gasteiger partial charge in [-0.25, -0.2) is 0 Å². The second-order valence-corrected chi connectivity index (χ2v) is 8.22. The van der Waals surface area contributed by atoms with Crippen molar-refractivity contribution in [2.75, 3.05) is 26.8 Å². The van der Waals surface area contributed by atoms with Crippen LogP contribution >= 0.6 is 23.2 Å². The van der Waals surface area contributed by atoms with Crippen LogP contribution in [-0.4, -0.2) is 31.7 Å². The molecule has 0 aliphatic carbocycles. The normalized spacial score (nSPS) is 19.4. The Morgan fingerprint density at radius 3 is 2.14 bits per heavy atom. The Balaban J connectivity index is 2.12. The molecule has 0 aromatic heterocycles. The van der Waals surface area contributed by atoms with Gasteiger partial charge in [-0.05, 0) is 61.0 Å². The van der Waals surface area contributed by atoms with Gasteiger partial charge < -0.3 is 4.74 Å². The highest BCUT2D eigenvalue weighted by molar-refractivity contribution is 6.34. The van der Waals surface area contributed by atoms with Crippen molar-refractivity contribution in [2.45, 2.75) is 39.7 Å². The van der Waals surface area contributed by atoms with E-state index in [1.807, 2.05) is 12.1 Å². The van der Waals surface area contributed by atoms with Crippen molar-refractivity contribution in [1.29, 1.82) is 0 Å². The molecule has 4 heteroatoms. The lowest BCUT2D eigenvalue weighted by molar-refractivity contribution is 0.0430. The molecule has 1 atom stereocenters. The number of piperidine rings is 1. The third kappa shape index (κ3) is 4.61. The monoisotopic (exact) mass is 343 g/mol. The van der Waals surface area contributed by atoms with Crippen LogP contribution in [0.25, 0.3) is 0 Å². The highest BCUT2D eigenvalue weighted by Crippen LogP contribution is 2.37. The van der Waals surface area contributed by atoms with Crippen LogP contribution in [0.5, 0.6) is 0 Å². The van der Waals surface area contributed by atoms with Crippen LogP contribution < -0.4 is 0 Å². The molecule has 0 bridgehead atoms. The van der Waals surface area contributed by atoms with Crippen LogP contribution in [0.1, 0.15) is 45.2 Å². The van der Waals surface area contributed by atoms with Crippen LogP contribution in [-0.2, 0) is 4.74 Å². The number of likely N-dealkylation sites (tertiary alicyclic amines) is 1. The lowest BCUT2D eigenvalue weighted by atomic mass is 9.75. The first kappa shape index (κ1) is 18.1. The molecule has 1 aliphatic rings. The molecule has 0 N–H and O–H groups in total. The van der Waals surface area contributed by atoms with E-state index in [-0.39, 0.29) is 6.04 Å². The fourth-order valence-electron chi connectivity index (χ4n) is 3.42. The van der Waals surface area contributed by atoms with E-state index in [1.54, 1.807) is 13.2 Å². The smallest absolute Gasteiger partial charge is 0.0659 e. The zero-order chi connectivity index (χ0) is 16.3. The summed E-state index contributed by atoms with van der Waals surface area (Å²) in [6.07, 6.45) is 2.47. The standard InChI is InChI=1S/C18H27Cl2NO/c1-18(2,3)14-5-7-21(8-6-14)17(12-22-4)13-9-15(19)11-16(20)10-13/h9-11,14,17H,5-8,12H2,1-4H3/t17-/m0/s1. The minimum absolute atomic E-state index is 0.224. The maximum atomic E-state index is 6.17. The molecule has 0 radical (unpaired) electrons. The summed E-state index contributed by atoms with van der Waals surface area (Å²) >= 11 is 12.3. The summed E-state index contributed by atoms with van der Waals surface area (Å²) in [5.41, 5.74) is 1.54. The summed E-state index contributed by atoms with van der Waals surface area (Å²) in [6, 6.07) is 6.02. The second-order valence-electron chi connectivity index (χ2n) is 7.35. The molecule has 1 saturated heterocycles. The van der Waals surface area contributed by atoms with Gasteiger partial charge in [0.15, 0.2) is 0 Å². The number of benzene rings is 1. The zero-order valence-electron chi connectivity index (χ0n) is 14.0. The average Bonchev–Trinajstić information content (AvgIpc) is 2.43. The molecule has 2 rings (SSSR count). The van der Waals surface area contributed by atoms with E-state index in [9.17, 15) is 0 Å². The molecule has 1 aliphatic heterocycles.